The molecule has 0 spiro atoms. The summed E-state index contributed by atoms with van der Waals surface area (Å²) < 4.78 is 5.26. The fraction of sp³-hybridized carbons (Fsp3) is 0.227. The lowest BCUT2D eigenvalue weighted by Crippen LogP contribution is -2.19. The van der Waals surface area contributed by atoms with Crippen molar-refractivity contribution in [2.24, 2.45) is 0 Å². The van der Waals surface area contributed by atoms with Crippen molar-refractivity contribution in [2.75, 3.05) is 12.4 Å². The minimum Gasteiger partial charge on any atom is -0.497 e. The molecule has 0 aliphatic rings. The van der Waals surface area contributed by atoms with Gasteiger partial charge in [-0.3, -0.25) is 4.79 Å². The van der Waals surface area contributed by atoms with E-state index < -0.39 is 0 Å². The summed E-state index contributed by atoms with van der Waals surface area (Å²) in [5, 5.41) is 5.26. The van der Waals surface area contributed by atoms with E-state index in [4.69, 9.17) is 4.74 Å². The molecule has 3 nitrogen and oxygen atoms in total. The summed E-state index contributed by atoms with van der Waals surface area (Å²) in [6.45, 7) is 5.96. The number of aryl methyl sites for hydroxylation is 2. The third kappa shape index (κ3) is 3.66. The first kappa shape index (κ1) is 17.0. The molecule has 0 bridgehead atoms. The molecular weight excluding hydrogens is 310 g/mol. The molecule has 0 fully saturated rings. The number of fused-ring (bicyclic) bond motifs is 1. The number of ether oxygens (including phenoxy) is 1. The molecule has 0 unspecified atom stereocenters. The van der Waals surface area contributed by atoms with Crippen molar-refractivity contribution in [1.82, 2.24) is 0 Å². The van der Waals surface area contributed by atoms with E-state index >= 15 is 0 Å². The second-order valence-electron chi connectivity index (χ2n) is 6.50. The molecule has 3 rings (SSSR count). The van der Waals surface area contributed by atoms with Crippen LogP contribution < -0.4 is 10.1 Å². The van der Waals surface area contributed by atoms with E-state index in [2.05, 4.69) is 11.4 Å². The zero-order valence-corrected chi connectivity index (χ0v) is 15.1. The van der Waals surface area contributed by atoms with Gasteiger partial charge in [0.15, 0.2) is 0 Å². The lowest BCUT2D eigenvalue weighted by Gasteiger charge is -2.15. The van der Waals surface area contributed by atoms with E-state index in [1.54, 1.807) is 7.11 Å². The van der Waals surface area contributed by atoms with Crippen LogP contribution in [0.25, 0.3) is 10.8 Å². The van der Waals surface area contributed by atoms with Gasteiger partial charge in [0.25, 0.3) is 0 Å². The molecule has 0 saturated carbocycles. The van der Waals surface area contributed by atoms with E-state index in [1.165, 1.54) is 0 Å². The predicted molar refractivity (Wildman–Crippen MR) is 103 cm³/mol. The van der Waals surface area contributed by atoms with Crippen LogP contribution in [-0.4, -0.2) is 13.0 Å². The van der Waals surface area contributed by atoms with Crippen molar-refractivity contribution >= 4 is 22.4 Å². The van der Waals surface area contributed by atoms with Gasteiger partial charge in [0.05, 0.1) is 13.0 Å². The molecule has 0 saturated heterocycles. The summed E-state index contributed by atoms with van der Waals surface area (Å²) in [6.07, 6.45) is 0. The number of hydrogen-bond donors (Lipinski definition) is 1. The van der Waals surface area contributed by atoms with Gasteiger partial charge in [-0.25, -0.2) is 0 Å². The first-order chi connectivity index (χ1) is 12.0. The molecule has 25 heavy (non-hydrogen) atoms. The fourth-order valence-electron chi connectivity index (χ4n) is 2.90. The maximum Gasteiger partial charge on any atom is 0.231 e. The van der Waals surface area contributed by atoms with Crippen molar-refractivity contribution in [3.63, 3.8) is 0 Å². The van der Waals surface area contributed by atoms with Crippen LogP contribution in [0.3, 0.4) is 0 Å². The van der Waals surface area contributed by atoms with Crippen molar-refractivity contribution in [3.05, 3.63) is 71.3 Å². The lowest BCUT2D eigenvalue weighted by atomic mass is 9.96. The van der Waals surface area contributed by atoms with Gasteiger partial charge < -0.3 is 10.1 Å². The van der Waals surface area contributed by atoms with Gasteiger partial charge in [0.2, 0.25) is 5.91 Å². The van der Waals surface area contributed by atoms with Crippen molar-refractivity contribution in [3.8, 4) is 5.75 Å². The first-order valence-corrected chi connectivity index (χ1v) is 8.44. The van der Waals surface area contributed by atoms with Crippen LogP contribution in [0.1, 0.15) is 29.5 Å². The van der Waals surface area contributed by atoms with Crippen LogP contribution in [-0.2, 0) is 4.79 Å². The Labute approximate surface area is 148 Å². The molecule has 3 aromatic rings. The number of carbonyl (C=O) groups excluding carboxylic acids is 1. The van der Waals surface area contributed by atoms with Gasteiger partial charge in [-0.2, -0.15) is 0 Å². The second kappa shape index (κ2) is 6.98. The van der Waals surface area contributed by atoms with Gasteiger partial charge in [0.1, 0.15) is 5.75 Å². The van der Waals surface area contributed by atoms with Gasteiger partial charge in [-0.15, -0.1) is 0 Å². The Morgan fingerprint density at radius 3 is 2.44 bits per heavy atom. The monoisotopic (exact) mass is 333 g/mol. The topological polar surface area (TPSA) is 38.3 Å². The molecule has 0 heterocycles. The molecular formula is C22H23NO2. The van der Waals surface area contributed by atoms with Crippen molar-refractivity contribution in [1.29, 1.82) is 0 Å². The summed E-state index contributed by atoms with van der Waals surface area (Å²) >= 11 is 0. The lowest BCUT2D eigenvalue weighted by molar-refractivity contribution is -0.117. The van der Waals surface area contributed by atoms with Crippen LogP contribution in [0.2, 0.25) is 0 Å². The van der Waals surface area contributed by atoms with Crippen molar-refractivity contribution < 1.29 is 9.53 Å². The van der Waals surface area contributed by atoms with Gasteiger partial charge in [-0.05, 0) is 66.4 Å². The van der Waals surface area contributed by atoms with Gasteiger partial charge >= 0.3 is 0 Å². The third-order valence-electron chi connectivity index (χ3n) is 4.62. The highest BCUT2D eigenvalue weighted by molar-refractivity contribution is 5.97. The maximum absolute atomic E-state index is 12.7. The Hall–Kier alpha value is -2.81. The van der Waals surface area contributed by atoms with Crippen LogP contribution in [0.4, 0.5) is 5.69 Å². The molecule has 3 aromatic carbocycles. The number of nitrogens with one attached hydrogen (secondary N) is 1. The highest BCUT2D eigenvalue weighted by Crippen LogP contribution is 2.26. The Balaban J connectivity index is 1.84. The van der Waals surface area contributed by atoms with E-state index in [0.29, 0.717) is 0 Å². The Morgan fingerprint density at radius 1 is 0.960 bits per heavy atom. The fourth-order valence-corrected chi connectivity index (χ4v) is 2.90. The Kier molecular flexibility index (Phi) is 4.75. The Bertz CT molecular complexity index is 930. The van der Waals surface area contributed by atoms with Crippen LogP contribution in [0.5, 0.6) is 5.75 Å². The minimum atomic E-state index is -0.230. The molecule has 0 aromatic heterocycles. The minimum absolute atomic E-state index is 0.00145. The number of methoxy groups -OCH3 is 1. The molecule has 0 aliphatic carbocycles. The van der Waals surface area contributed by atoms with E-state index in [0.717, 1.165) is 38.9 Å². The molecule has 1 atom stereocenters. The first-order valence-electron chi connectivity index (χ1n) is 8.44. The number of rotatable bonds is 4. The van der Waals surface area contributed by atoms with Gasteiger partial charge in [0, 0.05) is 5.69 Å². The molecule has 1 N–H and O–H groups in total. The zero-order valence-electron chi connectivity index (χ0n) is 15.1. The van der Waals surface area contributed by atoms with Crippen molar-refractivity contribution in [2.45, 2.75) is 26.7 Å². The average Bonchev–Trinajstić information content (AvgIpc) is 2.63. The van der Waals surface area contributed by atoms with Crippen LogP contribution in [0, 0.1) is 13.8 Å². The quantitative estimate of drug-likeness (QED) is 0.712. The molecule has 0 aliphatic heterocycles. The number of carbonyl (C=O) groups is 1. The van der Waals surface area contributed by atoms with Crippen LogP contribution >= 0.6 is 0 Å². The zero-order chi connectivity index (χ0) is 18.0. The molecule has 1 amide bonds. The third-order valence-corrected chi connectivity index (χ3v) is 4.62. The average molecular weight is 333 g/mol. The summed E-state index contributed by atoms with van der Waals surface area (Å²) in [4.78, 5) is 12.7. The van der Waals surface area contributed by atoms with E-state index in [-0.39, 0.29) is 11.8 Å². The maximum atomic E-state index is 12.7. The second-order valence-corrected chi connectivity index (χ2v) is 6.50. The van der Waals surface area contributed by atoms with Crippen LogP contribution in [0.15, 0.2) is 54.6 Å². The number of hydrogen-bond acceptors (Lipinski definition) is 2. The normalized spacial score (nSPS) is 12.0. The molecule has 0 radical (unpaired) electrons. The SMILES string of the molecule is COc1ccc2cc([C@H](C)C(=O)Nc3cc(C)ccc3C)ccc2c1. The summed E-state index contributed by atoms with van der Waals surface area (Å²) in [7, 11) is 1.66. The Morgan fingerprint density at radius 2 is 1.68 bits per heavy atom. The predicted octanol–water partition coefficient (Wildman–Crippen LogP) is 5.21. The summed E-state index contributed by atoms with van der Waals surface area (Å²) in [5.74, 6) is 0.605. The van der Waals surface area contributed by atoms with E-state index in [9.17, 15) is 4.79 Å². The number of anilines is 1. The standard InChI is InChI=1S/C22H23NO2/c1-14-5-6-15(2)21(11-14)23-22(24)16(3)17-7-8-19-13-20(25-4)10-9-18(19)12-17/h5-13,16H,1-4H3,(H,23,24)/t16-/m0/s1. The van der Waals surface area contributed by atoms with Gasteiger partial charge in [-0.1, -0.05) is 36.4 Å². The van der Waals surface area contributed by atoms with E-state index in [1.807, 2.05) is 69.3 Å². The molecule has 128 valence electrons. The summed E-state index contributed by atoms with van der Waals surface area (Å²) in [5.41, 5.74) is 4.08. The largest absolute Gasteiger partial charge is 0.497 e. The highest BCUT2D eigenvalue weighted by atomic mass is 16.5. The summed E-state index contributed by atoms with van der Waals surface area (Å²) in [6, 6.07) is 18.2. The smallest absolute Gasteiger partial charge is 0.231 e. The number of amides is 1. The molecule has 3 heteroatoms. The highest BCUT2D eigenvalue weighted by Gasteiger charge is 2.16. The number of benzene rings is 3.